The number of nitrogens with zero attached hydrogens (tertiary/aromatic N) is 6. The van der Waals surface area contributed by atoms with Crippen molar-refractivity contribution in [2.24, 2.45) is 0 Å². The van der Waals surface area contributed by atoms with Crippen LogP contribution in [0.15, 0.2) is 48.7 Å². The molecule has 7 rings (SSSR count). The molecule has 0 spiro atoms. The van der Waals surface area contributed by atoms with E-state index in [9.17, 15) is 37.6 Å². The van der Waals surface area contributed by atoms with Gasteiger partial charge in [-0.3, -0.25) is 33.9 Å². The Kier molecular flexibility index (Phi) is 11.7. The van der Waals surface area contributed by atoms with E-state index in [1.165, 1.54) is 6.07 Å². The lowest BCUT2D eigenvalue weighted by atomic mass is 9.93. The summed E-state index contributed by atoms with van der Waals surface area (Å²) in [5.41, 5.74) is -0.957. The highest BCUT2D eigenvalue weighted by molar-refractivity contribution is 7.81. The van der Waals surface area contributed by atoms with Crippen molar-refractivity contribution in [1.82, 2.24) is 14.8 Å². The molecule has 1 aliphatic carbocycles. The van der Waals surface area contributed by atoms with Crippen molar-refractivity contribution >= 4 is 75.1 Å². The molecule has 0 radical (unpaired) electrons. The summed E-state index contributed by atoms with van der Waals surface area (Å²) in [6.45, 7) is 8.07. The smallest absolute Gasteiger partial charge is 0.419 e. The predicted molar refractivity (Wildman–Crippen MR) is 219 cm³/mol. The van der Waals surface area contributed by atoms with Crippen LogP contribution in [0.5, 0.6) is 5.75 Å². The molecule has 4 fully saturated rings. The van der Waals surface area contributed by atoms with E-state index in [0.717, 1.165) is 42.2 Å². The van der Waals surface area contributed by atoms with Gasteiger partial charge in [0, 0.05) is 60.2 Å². The predicted octanol–water partition coefficient (Wildman–Crippen LogP) is 5.98. The van der Waals surface area contributed by atoms with Gasteiger partial charge in [0.1, 0.15) is 29.7 Å². The molecule has 310 valence electrons. The number of thiocarbonyl (C=S) groups is 1. The largest absolute Gasteiger partial charge is 0.492 e. The van der Waals surface area contributed by atoms with Crippen LogP contribution < -0.4 is 25.2 Å². The molecule has 4 heterocycles. The third-order valence-corrected chi connectivity index (χ3v) is 11.9. The summed E-state index contributed by atoms with van der Waals surface area (Å²) >= 11 is 12.0. The van der Waals surface area contributed by atoms with E-state index in [1.54, 1.807) is 49.1 Å². The van der Waals surface area contributed by atoms with Gasteiger partial charge in [-0.1, -0.05) is 18.5 Å². The van der Waals surface area contributed by atoms with E-state index in [2.05, 4.69) is 25.4 Å². The Hall–Kier alpha value is -5.15. The molecule has 1 unspecified atom stereocenters. The SMILES string of the molecule is CCc1cc(N2C(=S)N(c3cnc(C#N)c(C(F)(F)F)c3)C(=O)C2(C)C)ccc1OCCN1C[C@@H]2C[C@H]1CN2CC(=O)Nc1cc(Cl)cc(NC2CCC(=O)CC2=O)c1. The molecular formula is C41H42ClF3N8O5S. The quantitative estimate of drug-likeness (QED) is 0.163. The van der Waals surface area contributed by atoms with E-state index in [0.29, 0.717) is 60.2 Å². The van der Waals surface area contributed by atoms with Crippen LogP contribution in [-0.2, 0) is 31.8 Å². The first-order chi connectivity index (χ1) is 28.0. The summed E-state index contributed by atoms with van der Waals surface area (Å²) in [6.07, 6.45) is -1.61. The number of aryl methyl sites for hydroxylation is 1. The van der Waals surface area contributed by atoms with Crippen molar-refractivity contribution in [2.75, 3.05) is 53.2 Å². The third kappa shape index (κ3) is 8.63. The number of Topliss-reactive ketones (excluding diaryl/α,β-unsaturated/α-hetero) is 2. The van der Waals surface area contributed by atoms with Crippen LogP contribution in [0.3, 0.4) is 0 Å². The molecule has 3 aromatic rings. The second-order valence-electron chi connectivity index (χ2n) is 15.7. The molecule has 3 atom stereocenters. The van der Waals surface area contributed by atoms with E-state index in [4.69, 9.17) is 28.6 Å². The first-order valence-corrected chi connectivity index (χ1v) is 20.1. The average Bonchev–Trinajstić information content (AvgIpc) is 3.80. The number of anilines is 4. The number of pyridine rings is 1. The van der Waals surface area contributed by atoms with Crippen LogP contribution >= 0.6 is 23.8 Å². The van der Waals surface area contributed by atoms with Gasteiger partial charge in [-0.25, -0.2) is 4.98 Å². The molecule has 13 nitrogen and oxygen atoms in total. The molecule has 18 heteroatoms. The summed E-state index contributed by atoms with van der Waals surface area (Å²) in [5, 5.41) is 15.6. The minimum absolute atomic E-state index is 0.0223. The van der Waals surface area contributed by atoms with Gasteiger partial charge >= 0.3 is 6.18 Å². The third-order valence-electron chi connectivity index (χ3n) is 11.3. The molecule has 2 aromatic carbocycles. The zero-order valence-electron chi connectivity index (χ0n) is 32.6. The number of aromatic nitrogens is 1. The highest BCUT2D eigenvalue weighted by Gasteiger charge is 2.51. The second-order valence-corrected chi connectivity index (χ2v) is 16.5. The maximum Gasteiger partial charge on any atom is 0.419 e. The van der Waals surface area contributed by atoms with Gasteiger partial charge in [0.15, 0.2) is 16.6 Å². The monoisotopic (exact) mass is 850 g/mol. The number of amides is 2. The fourth-order valence-corrected chi connectivity index (χ4v) is 9.14. The lowest BCUT2D eigenvalue weighted by molar-refractivity contribution is -0.138. The maximum atomic E-state index is 13.7. The first-order valence-electron chi connectivity index (χ1n) is 19.3. The van der Waals surface area contributed by atoms with E-state index >= 15 is 0 Å². The van der Waals surface area contributed by atoms with E-state index in [1.807, 2.05) is 13.0 Å². The minimum atomic E-state index is -4.86. The number of halogens is 4. The normalized spacial score (nSPS) is 22.0. The highest BCUT2D eigenvalue weighted by Crippen LogP contribution is 2.40. The van der Waals surface area contributed by atoms with Crippen molar-refractivity contribution in [3.63, 3.8) is 0 Å². The van der Waals surface area contributed by atoms with Gasteiger partial charge in [-0.15, -0.1) is 0 Å². The molecule has 1 aromatic heterocycles. The standard InChI is InChI=1S/C41H42ClF3N8O5S/c1-4-23-11-27(53-39(59)52(38(57)40(53,2)3)28-16-32(41(43,44)45)34(18-46)47-19-28)5-8-36(23)58-10-9-50-20-30-15-29(50)21-51(30)22-37(56)49-26-13-24(42)12-25(14-26)48-33-7-6-31(54)17-35(33)55/h5,8,11-14,16,19,29-30,33,48H,4,6-7,9-10,15,17,20-22H2,1-3H3,(H,49,56)/t29-,30-,33?/m0/s1. The van der Waals surface area contributed by atoms with Crippen LogP contribution in [0.4, 0.5) is 35.9 Å². The van der Waals surface area contributed by atoms with Gasteiger partial charge < -0.3 is 20.3 Å². The van der Waals surface area contributed by atoms with Crippen molar-refractivity contribution in [3.8, 4) is 11.8 Å². The second kappa shape index (κ2) is 16.5. The number of nitriles is 1. The van der Waals surface area contributed by atoms with Gasteiger partial charge in [-0.2, -0.15) is 18.4 Å². The number of carbonyl (C=O) groups is 4. The lowest BCUT2D eigenvalue weighted by Gasteiger charge is -2.33. The zero-order valence-corrected chi connectivity index (χ0v) is 34.1. The Morgan fingerprint density at radius 1 is 1.07 bits per heavy atom. The summed E-state index contributed by atoms with van der Waals surface area (Å²) in [7, 11) is 0. The zero-order chi connectivity index (χ0) is 42.4. The number of nitrogens with one attached hydrogen (secondary N) is 2. The highest BCUT2D eigenvalue weighted by atomic mass is 35.5. The lowest BCUT2D eigenvalue weighted by Crippen LogP contribution is -2.49. The molecule has 1 saturated carbocycles. The fraction of sp³-hybridized carbons (Fsp3) is 0.439. The molecule has 2 N–H and O–H groups in total. The molecule has 2 amide bonds. The minimum Gasteiger partial charge on any atom is -0.492 e. The summed E-state index contributed by atoms with van der Waals surface area (Å²) < 4.78 is 47.5. The van der Waals surface area contributed by atoms with Gasteiger partial charge in [0.05, 0.1) is 36.5 Å². The Morgan fingerprint density at radius 3 is 2.47 bits per heavy atom. The van der Waals surface area contributed by atoms with Crippen molar-refractivity contribution in [1.29, 1.82) is 5.26 Å². The summed E-state index contributed by atoms with van der Waals surface area (Å²) in [4.78, 5) is 61.5. The first kappa shape index (κ1) is 42.0. The fourth-order valence-electron chi connectivity index (χ4n) is 8.39. The van der Waals surface area contributed by atoms with Gasteiger partial charge in [0.25, 0.3) is 5.91 Å². The average molecular weight is 851 g/mol. The molecular weight excluding hydrogens is 809 g/mol. The van der Waals surface area contributed by atoms with Gasteiger partial charge in [0.2, 0.25) is 5.91 Å². The number of benzene rings is 2. The molecule has 59 heavy (non-hydrogen) atoms. The van der Waals surface area contributed by atoms with E-state index in [-0.39, 0.29) is 53.3 Å². The Balaban J connectivity index is 0.924. The number of likely N-dealkylation sites (tertiary alicyclic amines) is 2. The number of rotatable bonds is 12. The topological polar surface area (TPSA) is 151 Å². The Bertz CT molecular complexity index is 2270. The van der Waals surface area contributed by atoms with Crippen LogP contribution in [0, 0.1) is 11.3 Å². The van der Waals surface area contributed by atoms with Crippen LogP contribution in [0.25, 0.3) is 0 Å². The Labute approximate surface area is 349 Å². The van der Waals surface area contributed by atoms with Crippen molar-refractivity contribution < 1.29 is 37.1 Å². The number of carbonyl (C=O) groups excluding carboxylic acids is 4. The number of hydrogen-bond donors (Lipinski definition) is 2. The Morgan fingerprint density at radius 2 is 1.80 bits per heavy atom. The van der Waals surface area contributed by atoms with Crippen LogP contribution in [-0.4, -0.2) is 99.7 Å². The summed E-state index contributed by atoms with van der Waals surface area (Å²) in [5.74, 6) is -0.268. The number of alkyl halides is 3. The number of piperazine rings is 1. The molecule has 3 saturated heterocycles. The maximum absolute atomic E-state index is 13.7. The number of hydrogen-bond acceptors (Lipinski definition) is 11. The molecule has 3 aliphatic heterocycles. The van der Waals surface area contributed by atoms with Crippen molar-refractivity contribution in [2.45, 2.75) is 82.7 Å². The van der Waals surface area contributed by atoms with Crippen LogP contribution in [0.1, 0.15) is 63.3 Å². The number of fused-ring (bicyclic) bond motifs is 2. The molecule has 2 bridgehead atoms. The number of ether oxygens (including phenoxy) is 1. The van der Waals surface area contributed by atoms with Gasteiger partial charge in [-0.05, 0) is 93.4 Å². The summed E-state index contributed by atoms with van der Waals surface area (Å²) in [6, 6.07) is 12.7. The molecule has 4 aliphatic rings. The number of ketones is 2. The van der Waals surface area contributed by atoms with Crippen LogP contribution in [0.2, 0.25) is 5.02 Å². The van der Waals surface area contributed by atoms with E-state index < -0.39 is 34.9 Å². The van der Waals surface area contributed by atoms with Crippen molar-refractivity contribution in [3.05, 3.63) is 70.5 Å².